The molecule has 0 bridgehead atoms. The van der Waals surface area contributed by atoms with Crippen molar-refractivity contribution >= 4 is 17.3 Å². The highest BCUT2D eigenvalue weighted by molar-refractivity contribution is 5.97. The average Bonchev–Trinajstić information content (AvgIpc) is 2.29. The first-order valence-electron chi connectivity index (χ1n) is 5.34. The minimum absolute atomic E-state index is 0.00385. The number of rotatable bonds is 3. The van der Waals surface area contributed by atoms with Gasteiger partial charge in [-0.15, -0.1) is 0 Å². The summed E-state index contributed by atoms with van der Waals surface area (Å²) in [5, 5.41) is 2.33. The van der Waals surface area contributed by atoms with Crippen LogP contribution in [0.15, 0.2) is 12.1 Å². The Balaban J connectivity index is 3.04. The summed E-state index contributed by atoms with van der Waals surface area (Å²) in [7, 11) is 0. The number of hydrogen-bond acceptors (Lipinski definition) is 2. The summed E-state index contributed by atoms with van der Waals surface area (Å²) in [6, 6.07) is 2.14. The summed E-state index contributed by atoms with van der Waals surface area (Å²) >= 11 is 0. The Kier molecular flexibility index (Phi) is 3.70. The molecule has 0 fully saturated rings. The first kappa shape index (κ1) is 13.4. The lowest BCUT2D eigenvalue weighted by Gasteiger charge is -2.22. The summed E-state index contributed by atoms with van der Waals surface area (Å²) in [5.74, 6) is -2.56. The van der Waals surface area contributed by atoms with Crippen LogP contribution in [0.4, 0.5) is 20.2 Å². The summed E-state index contributed by atoms with van der Waals surface area (Å²) in [5.41, 5.74) is 4.55. The van der Waals surface area contributed by atoms with Gasteiger partial charge in [0.1, 0.15) is 5.69 Å². The third-order valence-corrected chi connectivity index (χ3v) is 2.86. The van der Waals surface area contributed by atoms with Crippen molar-refractivity contribution < 1.29 is 13.6 Å². The standard InChI is InChI=1S/C12H16F2N2O/c1-4-12(2,3)11(17)16-10-8(15)6-5-7(13)9(10)14/h5-6H,4,15H2,1-3H3,(H,16,17). The Morgan fingerprint density at radius 2 is 2.00 bits per heavy atom. The van der Waals surface area contributed by atoms with Crippen molar-refractivity contribution in [2.75, 3.05) is 11.1 Å². The fourth-order valence-electron chi connectivity index (χ4n) is 1.14. The van der Waals surface area contributed by atoms with Gasteiger partial charge in [-0.1, -0.05) is 20.8 Å². The fourth-order valence-corrected chi connectivity index (χ4v) is 1.14. The summed E-state index contributed by atoms with van der Waals surface area (Å²) in [6.07, 6.45) is 0.579. The van der Waals surface area contributed by atoms with E-state index in [0.717, 1.165) is 6.07 Å². The first-order chi connectivity index (χ1) is 7.79. The van der Waals surface area contributed by atoms with Crippen molar-refractivity contribution in [3.05, 3.63) is 23.8 Å². The van der Waals surface area contributed by atoms with E-state index in [0.29, 0.717) is 6.42 Å². The molecule has 0 saturated heterocycles. The molecule has 3 N–H and O–H groups in total. The van der Waals surface area contributed by atoms with Crippen LogP contribution >= 0.6 is 0 Å². The first-order valence-corrected chi connectivity index (χ1v) is 5.34. The molecule has 1 aromatic rings. The zero-order chi connectivity index (χ0) is 13.2. The summed E-state index contributed by atoms with van der Waals surface area (Å²) < 4.78 is 26.5. The molecule has 0 aliphatic carbocycles. The topological polar surface area (TPSA) is 55.1 Å². The lowest BCUT2D eigenvalue weighted by molar-refractivity contribution is -0.124. The maximum Gasteiger partial charge on any atom is 0.230 e. The molecule has 5 heteroatoms. The molecule has 0 aliphatic rings. The number of anilines is 2. The Bertz CT molecular complexity index is 444. The SMILES string of the molecule is CCC(C)(C)C(=O)Nc1c(N)ccc(F)c1F. The van der Waals surface area contributed by atoms with Crippen molar-refractivity contribution in [3.63, 3.8) is 0 Å². The van der Waals surface area contributed by atoms with Crippen LogP contribution in [0.1, 0.15) is 27.2 Å². The number of hydrogen-bond donors (Lipinski definition) is 2. The van der Waals surface area contributed by atoms with E-state index < -0.39 is 23.0 Å². The van der Waals surface area contributed by atoms with Gasteiger partial charge in [0, 0.05) is 5.41 Å². The molecule has 17 heavy (non-hydrogen) atoms. The maximum absolute atomic E-state index is 13.4. The fraction of sp³-hybridized carbons (Fsp3) is 0.417. The molecule has 0 atom stereocenters. The van der Waals surface area contributed by atoms with Gasteiger partial charge >= 0.3 is 0 Å². The van der Waals surface area contributed by atoms with Gasteiger partial charge in [0.05, 0.1) is 5.69 Å². The number of halogens is 2. The van der Waals surface area contributed by atoms with Gasteiger partial charge in [0.15, 0.2) is 11.6 Å². The Morgan fingerprint density at radius 1 is 1.41 bits per heavy atom. The van der Waals surface area contributed by atoms with Crippen LogP contribution in [0.5, 0.6) is 0 Å². The Hall–Kier alpha value is -1.65. The number of carbonyl (C=O) groups is 1. The van der Waals surface area contributed by atoms with Crippen LogP contribution in [0.3, 0.4) is 0 Å². The number of benzene rings is 1. The highest BCUT2D eigenvalue weighted by atomic mass is 19.2. The van der Waals surface area contributed by atoms with Crippen molar-refractivity contribution in [1.29, 1.82) is 0 Å². The molecule has 0 spiro atoms. The normalized spacial score (nSPS) is 11.4. The Labute approximate surface area is 99.0 Å². The number of nitrogens with one attached hydrogen (secondary N) is 1. The molecule has 94 valence electrons. The van der Waals surface area contributed by atoms with E-state index in [1.165, 1.54) is 6.07 Å². The van der Waals surface area contributed by atoms with Crippen molar-refractivity contribution in [2.24, 2.45) is 5.41 Å². The molecular weight excluding hydrogens is 226 g/mol. The van der Waals surface area contributed by atoms with Gasteiger partial charge in [-0.2, -0.15) is 0 Å². The third kappa shape index (κ3) is 2.72. The smallest absolute Gasteiger partial charge is 0.230 e. The van der Waals surface area contributed by atoms with E-state index in [-0.39, 0.29) is 11.4 Å². The molecule has 0 aliphatic heterocycles. The molecule has 3 nitrogen and oxygen atoms in total. The molecule has 0 radical (unpaired) electrons. The van der Waals surface area contributed by atoms with Crippen LogP contribution in [0.25, 0.3) is 0 Å². The third-order valence-electron chi connectivity index (χ3n) is 2.86. The van der Waals surface area contributed by atoms with E-state index in [4.69, 9.17) is 5.73 Å². The summed E-state index contributed by atoms with van der Waals surface area (Å²) in [6.45, 7) is 5.27. The number of nitrogens with two attached hydrogens (primary N) is 1. The molecule has 1 aromatic carbocycles. The van der Waals surface area contributed by atoms with Crippen LogP contribution in [0, 0.1) is 17.0 Å². The predicted octanol–water partition coefficient (Wildman–Crippen LogP) is 2.92. The largest absolute Gasteiger partial charge is 0.397 e. The van der Waals surface area contributed by atoms with Gasteiger partial charge in [-0.25, -0.2) is 8.78 Å². The van der Waals surface area contributed by atoms with Gasteiger partial charge < -0.3 is 11.1 Å². The van der Waals surface area contributed by atoms with Gasteiger partial charge in [0.2, 0.25) is 5.91 Å². The van der Waals surface area contributed by atoms with Crippen LogP contribution in [-0.4, -0.2) is 5.91 Å². The second-order valence-electron chi connectivity index (χ2n) is 4.52. The Morgan fingerprint density at radius 3 is 2.53 bits per heavy atom. The highest BCUT2D eigenvalue weighted by Crippen LogP contribution is 2.28. The van der Waals surface area contributed by atoms with Crippen LogP contribution in [0.2, 0.25) is 0 Å². The lowest BCUT2D eigenvalue weighted by atomic mass is 9.89. The van der Waals surface area contributed by atoms with Crippen molar-refractivity contribution in [3.8, 4) is 0 Å². The van der Waals surface area contributed by atoms with E-state index in [1.54, 1.807) is 13.8 Å². The van der Waals surface area contributed by atoms with Crippen molar-refractivity contribution in [2.45, 2.75) is 27.2 Å². The molecular formula is C12H16F2N2O. The minimum Gasteiger partial charge on any atom is -0.397 e. The maximum atomic E-state index is 13.4. The average molecular weight is 242 g/mol. The number of amides is 1. The number of carbonyl (C=O) groups excluding carboxylic acids is 1. The lowest BCUT2D eigenvalue weighted by Crippen LogP contribution is -2.30. The molecule has 0 unspecified atom stereocenters. The van der Waals surface area contributed by atoms with E-state index >= 15 is 0 Å². The van der Waals surface area contributed by atoms with E-state index in [9.17, 15) is 13.6 Å². The second kappa shape index (κ2) is 4.69. The minimum atomic E-state index is -1.13. The quantitative estimate of drug-likeness (QED) is 0.801. The molecule has 0 saturated carbocycles. The van der Waals surface area contributed by atoms with Crippen LogP contribution in [-0.2, 0) is 4.79 Å². The predicted molar refractivity (Wildman–Crippen MR) is 63.5 cm³/mol. The van der Waals surface area contributed by atoms with E-state index in [2.05, 4.69) is 5.32 Å². The van der Waals surface area contributed by atoms with Gasteiger partial charge in [-0.3, -0.25) is 4.79 Å². The highest BCUT2D eigenvalue weighted by Gasteiger charge is 2.27. The van der Waals surface area contributed by atoms with E-state index in [1.807, 2.05) is 6.92 Å². The molecule has 0 heterocycles. The summed E-state index contributed by atoms with van der Waals surface area (Å²) in [4.78, 5) is 11.8. The van der Waals surface area contributed by atoms with Gasteiger partial charge in [-0.05, 0) is 18.6 Å². The van der Waals surface area contributed by atoms with Crippen LogP contribution < -0.4 is 11.1 Å². The molecule has 0 aromatic heterocycles. The number of nitrogen functional groups attached to an aromatic ring is 1. The zero-order valence-electron chi connectivity index (χ0n) is 10.1. The zero-order valence-corrected chi connectivity index (χ0v) is 10.1. The van der Waals surface area contributed by atoms with Gasteiger partial charge in [0.25, 0.3) is 0 Å². The van der Waals surface area contributed by atoms with Crippen molar-refractivity contribution in [1.82, 2.24) is 0 Å². The second-order valence-corrected chi connectivity index (χ2v) is 4.52. The monoisotopic (exact) mass is 242 g/mol. The molecule has 1 rings (SSSR count). The molecule has 1 amide bonds.